The Labute approximate surface area is 123 Å². The summed E-state index contributed by atoms with van der Waals surface area (Å²) in [7, 11) is 1.48. The Hall–Kier alpha value is -1.43. The van der Waals surface area contributed by atoms with Crippen molar-refractivity contribution in [2.24, 2.45) is 0 Å². The van der Waals surface area contributed by atoms with Gasteiger partial charge in [0.25, 0.3) is 5.91 Å². The molecule has 0 bridgehead atoms. The zero-order valence-electron chi connectivity index (χ0n) is 9.74. The van der Waals surface area contributed by atoms with Gasteiger partial charge in [0, 0.05) is 5.02 Å². The van der Waals surface area contributed by atoms with Crippen LogP contribution in [0.4, 0.5) is 5.69 Å². The monoisotopic (exact) mass is 317 g/mol. The van der Waals surface area contributed by atoms with E-state index in [4.69, 9.17) is 27.9 Å². The Bertz CT molecular complexity index is 627. The molecule has 1 aromatic carbocycles. The van der Waals surface area contributed by atoms with Crippen LogP contribution in [0, 0.1) is 0 Å². The van der Waals surface area contributed by atoms with Gasteiger partial charge in [0.1, 0.15) is 10.6 Å². The zero-order valence-corrected chi connectivity index (χ0v) is 12.1. The minimum Gasteiger partial charge on any atom is -0.504 e. The van der Waals surface area contributed by atoms with Gasteiger partial charge in [0.15, 0.2) is 5.75 Å². The molecule has 0 atom stereocenters. The first-order chi connectivity index (χ1) is 9.02. The smallest absolute Gasteiger partial charge is 0.269 e. The number of methoxy groups -OCH3 is 1. The lowest BCUT2D eigenvalue weighted by Gasteiger charge is -2.09. The Morgan fingerprint density at radius 3 is 2.84 bits per heavy atom. The number of halogens is 2. The highest BCUT2D eigenvalue weighted by atomic mass is 35.5. The summed E-state index contributed by atoms with van der Waals surface area (Å²) in [5, 5.41) is 14.4. The number of carbonyl (C=O) groups excluding carboxylic acids is 1. The van der Waals surface area contributed by atoms with Crippen molar-refractivity contribution in [3.8, 4) is 11.5 Å². The number of rotatable bonds is 3. The van der Waals surface area contributed by atoms with Gasteiger partial charge in [-0.1, -0.05) is 23.2 Å². The number of nitrogens with one attached hydrogen (secondary N) is 1. The van der Waals surface area contributed by atoms with E-state index in [0.717, 1.165) is 0 Å². The van der Waals surface area contributed by atoms with Crippen molar-refractivity contribution in [1.29, 1.82) is 0 Å². The van der Waals surface area contributed by atoms with Crippen molar-refractivity contribution in [3.05, 3.63) is 38.5 Å². The Morgan fingerprint density at radius 1 is 1.42 bits per heavy atom. The molecule has 2 N–H and O–H groups in total. The number of phenols is 1. The second-order valence-corrected chi connectivity index (χ2v) is 5.32. The van der Waals surface area contributed by atoms with Crippen molar-refractivity contribution in [2.75, 3.05) is 12.4 Å². The molecular formula is C12H9Cl2NO3S. The molecular weight excluding hydrogens is 309 g/mol. The van der Waals surface area contributed by atoms with Crippen LogP contribution in [0.2, 0.25) is 10.0 Å². The minimum atomic E-state index is -0.402. The molecule has 0 aliphatic rings. The lowest BCUT2D eigenvalue weighted by Crippen LogP contribution is -2.11. The number of benzene rings is 1. The minimum absolute atomic E-state index is 0.0703. The highest BCUT2D eigenvalue weighted by Gasteiger charge is 2.17. The van der Waals surface area contributed by atoms with Gasteiger partial charge in [-0.3, -0.25) is 4.79 Å². The molecule has 2 aromatic rings. The van der Waals surface area contributed by atoms with Crippen molar-refractivity contribution in [1.82, 2.24) is 0 Å². The molecule has 0 aliphatic heterocycles. The number of anilines is 1. The summed E-state index contributed by atoms with van der Waals surface area (Å²) in [6.45, 7) is 0. The topological polar surface area (TPSA) is 58.6 Å². The highest BCUT2D eigenvalue weighted by molar-refractivity contribution is 7.12. The second-order valence-electron chi connectivity index (χ2n) is 3.56. The molecule has 0 unspecified atom stereocenters. The molecule has 7 heteroatoms. The maximum absolute atomic E-state index is 12.1. The van der Waals surface area contributed by atoms with E-state index in [-0.39, 0.29) is 16.5 Å². The summed E-state index contributed by atoms with van der Waals surface area (Å²) >= 11 is 12.8. The van der Waals surface area contributed by atoms with Crippen molar-refractivity contribution >= 4 is 46.1 Å². The average Bonchev–Trinajstić information content (AvgIpc) is 2.83. The predicted molar refractivity (Wildman–Crippen MR) is 77.0 cm³/mol. The molecule has 0 saturated heterocycles. The van der Waals surface area contributed by atoms with Gasteiger partial charge in [0.05, 0.1) is 17.8 Å². The molecule has 100 valence electrons. The molecule has 4 nitrogen and oxygen atoms in total. The fraction of sp³-hybridized carbons (Fsp3) is 0.0833. The SMILES string of the molecule is COc1ccsc1C(=O)Nc1cc(Cl)cc(Cl)c1O. The summed E-state index contributed by atoms with van der Waals surface area (Å²) in [6, 6.07) is 4.49. The first kappa shape index (κ1) is 14.0. The van der Waals surface area contributed by atoms with Gasteiger partial charge in [0.2, 0.25) is 0 Å². The molecule has 19 heavy (non-hydrogen) atoms. The summed E-state index contributed by atoms with van der Waals surface area (Å²) in [5.41, 5.74) is 0.151. The number of thiophene rings is 1. The van der Waals surface area contributed by atoms with E-state index in [0.29, 0.717) is 15.6 Å². The fourth-order valence-corrected chi connectivity index (χ4v) is 2.71. The predicted octanol–water partition coefficient (Wildman–Crippen LogP) is 4.02. The summed E-state index contributed by atoms with van der Waals surface area (Å²) in [4.78, 5) is 12.5. The van der Waals surface area contributed by atoms with E-state index in [9.17, 15) is 9.90 Å². The van der Waals surface area contributed by atoms with E-state index in [1.54, 1.807) is 11.4 Å². The van der Waals surface area contributed by atoms with Crippen LogP contribution in [0.25, 0.3) is 0 Å². The third-order valence-electron chi connectivity index (χ3n) is 2.33. The molecule has 2 rings (SSSR count). The molecule has 0 radical (unpaired) electrons. The van der Waals surface area contributed by atoms with Crippen LogP contribution >= 0.6 is 34.5 Å². The molecule has 1 aromatic heterocycles. The fourth-order valence-electron chi connectivity index (χ4n) is 1.46. The maximum atomic E-state index is 12.1. The van der Waals surface area contributed by atoms with Crippen molar-refractivity contribution < 1.29 is 14.6 Å². The number of amides is 1. The Morgan fingerprint density at radius 2 is 2.16 bits per heavy atom. The maximum Gasteiger partial charge on any atom is 0.269 e. The van der Waals surface area contributed by atoms with Crippen LogP contribution in [0.15, 0.2) is 23.6 Å². The summed E-state index contributed by atoms with van der Waals surface area (Å²) < 4.78 is 5.06. The van der Waals surface area contributed by atoms with Crippen molar-refractivity contribution in [3.63, 3.8) is 0 Å². The van der Waals surface area contributed by atoms with Crippen LogP contribution in [0.3, 0.4) is 0 Å². The number of hydrogen-bond donors (Lipinski definition) is 2. The third-order valence-corrected chi connectivity index (χ3v) is 3.73. The quantitative estimate of drug-likeness (QED) is 0.840. The largest absolute Gasteiger partial charge is 0.504 e. The van der Waals surface area contributed by atoms with Gasteiger partial charge in [-0.2, -0.15) is 0 Å². The summed E-state index contributed by atoms with van der Waals surface area (Å²) in [6.07, 6.45) is 0. The Kier molecular flexibility index (Phi) is 4.19. The first-order valence-electron chi connectivity index (χ1n) is 5.13. The molecule has 1 amide bonds. The van der Waals surface area contributed by atoms with Crippen LogP contribution in [-0.2, 0) is 0 Å². The van der Waals surface area contributed by atoms with E-state index in [1.165, 1.54) is 30.6 Å². The van der Waals surface area contributed by atoms with Crippen LogP contribution in [0.1, 0.15) is 9.67 Å². The van der Waals surface area contributed by atoms with E-state index in [1.807, 2.05) is 0 Å². The second kappa shape index (κ2) is 5.69. The van der Waals surface area contributed by atoms with Gasteiger partial charge in [-0.15, -0.1) is 11.3 Å². The first-order valence-corrected chi connectivity index (χ1v) is 6.77. The highest BCUT2D eigenvalue weighted by Crippen LogP contribution is 2.36. The van der Waals surface area contributed by atoms with Crippen molar-refractivity contribution in [2.45, 2.75) is 0 Å². The van der Waals surface area contributed by atoms with Crippen LogP contribution in [0.5, 0.6) is 11.5 Å². The lowest BCUT2D eigenvalue weighted by atomic mass is 10.2. The number of hydrogen-bond acceptors (Lipinski definition) is 4. The molecule has 0 fully saturated rings. The van der Waals surface area contributed by atoms with E-state index < -0.39 is 5.91 Å². The van der Waals surface area contributed by atoms with Crippen LogP contribution in [-0.4, -0.2) is 18.1 Å². The van der Waals surface area contributed by atoms with Gasteiger partial charge in [-0.25, -0.2) is 0 Å². The molecule has 1 heterocycles. The number of aromatic hydroxyl groups is 1. The number of ether oxygens (including phenoxy) is 1. The lowest BCUT2D eigenvalue weighted by molar-refractivity contribution is 0.102. The zero-order chi connectivity index (χ0) is 14.0. The summed E-state index contributed by atoms with van der Waals surface area (Å²) in [5.74, 6) is -0.162. The van der Waals surface area contributed by atoms with Gasteiger partial charge < -0.3 is 15.2 Å². The van der Waals surface area contributed by atoms with Crippen LogP contribution < -0.4 is 10.1 Å². The number of carbonyl (C=O) groups is 1. The third kappa shape index (κ3) is 2.94. The van der Waals surface area contributed by atoms with Gasteiger partial charge >= 0.3 is 0 Å². The standard InChI is InChI=1S/C12H9Cl2NO3S/c1-18-9-2-3-19-11(9)12(17)15-8-5-6(13)4-7(14)10(8)16/h2-5,16H,1H3,(H,15,17). The average molecular weight is 318 g/mol. The number of phenolic OH excluding ortho intramolecular Hbond substituents is 1. The van der Waals surface area contributed by atoms with Gasteiger partial charge in [-0.05, 0) is 23.6 Å². The van der Waals surface area contributed by atoms with E-state index in [2.05, 4.69) is 5.32 Å². The molecule has 0 saturated carbocycles. The molecule has 0 aliphatic carbocycles. The Balaban J connectivity index is 2.29. The van der Waals surface area contributed by atoms with E-state index >= 15 is 0 Å². The normalized spacial score (nSPS) is 10.3. The molecule has 0 spiro atoms.